The summed E-state index contributed by atoms with van der Waals surface area (Å²) in [5, 5.41) is 1.07. The van der Waals surface area contributed by atoms with E-state index < -0.39 is 0 Å². The maximum absolute atomic E-state index is 13.1. The number of benzene rings is 1. The van der Waals surface area contributed by atoms with Gasteiger partial charge in [-0.1, -0.05) is 37.7 Å². The molecule has 0 aliphatic heterocycles. The third-order valence-corrected chi connectivity index (χ3v) is 4.68. The van der Waals surface area contributed by atoms with Gasteiger partial charge in [0, 0.05) is 17.6 Å². The summed E-state index contributed by atoms with van der Waals surface area (Å²) in [7, 11) is 0. The van der Waals surface area contributed by atoms with Crippen molar-refractivity contribution in [1.82, 2.24) is 9.97 Å². The van der Waals surface area contributed by atoms with Crippen molar-refractivity contribution in [2.24, 2.45) is 0 Å². The molecule has 0 radical (unpaired) electrons. The standard InChI is InChI=1S/C15H17FN2OS2/c1-10(2)20-9-13-7-14(19)18-15(17-13)21-8-11-4-3-5-12(16)6-11/h3-7,10H,8-9H2,1-2H3,(H,17,18,19). The molecule has 0 saturated carbocycles. The molecule has 0 unspecified atom stereocenters. The van der Waals surface area contributed by atoms with Crippen LogP contribution in [0.3, 0.4) is 0 Å². The summed E-state index contributed by atoms with van der Waals surface area (Å²) in [6.07, 6.45) is 0. The van der Waals surface area contributed by atoms with E-state index in [-0.39, 0.29) is 11.4 Å². The maximum Gasteiger partial charge on any atom is 0.251 e. The van der Waals surface area contributed by atoms with Crippen molar-refractivity contribution in [3.8, 4) is 0 Å². The van der Waals surface area contributed by atoms with Gasteiger partial charge in [0.15, 0.2) is 5.16 Å². The fraction of sp³-hybridized carbons (Fsp3) is 0.333. The fourth-order valence-corrected chi connectivity index (χ4v) is 3.15. The van der Waals surface area contributed by atoms with Gasteiger partial charge in [0.2, 0.25) is 0 Å². The van der Waals surface area contributed by atoms with Crippen LogP contribution in [0.2, 0.25) is 0 Å². The molecule has 0 spiro atoms. The molecule has 1 N–H and O–H groups in total. The van der Waals surface area contributed by atoms with Gasteiger partial charge in [0.25, 0.3) is 5.56 Å². The zero-order valence-corrected chi connectivity index (χ0v) is 13.6. The zero-order valence-electron chi connectivity index (χ0n) is 11.9. The third kappa shape index (κ3) is 5.55. The number of H-pyrrole nitrogens is 1. The normalized spacial score (nSPS) is 11.0. The van der Waals surface area contributed by atoms with E-state index >= 15 is 0 Å². The van der Waals surface area contributed by atoms with Crippen molar-refractivity contribution in [3.05, 3.63) is 57.8 Å². The van der Waals surface area contributed by atoms with Crippen LogP contribution >= 0.6 is 23.5 Å². The quantitative estimate of drug-likeness (QED) is 0.648. The molecule has 3 nitrogen and oxygen atoms in total. The Hall–Kier alpha value is -1.27. The molecule has 6 heteroatoms. The Labute approximate surface area is 131 Å². The lowest BCUT2D eigenvalue weighted by atomic mass is 10.2. The van der Waals surface area contributed by atoms with Gasteiger partial charge < -0.3 is 4.98 Å². The highest BCUT2D eigenvalue weighted by atomic mass is 32.2. The summed E-state index contributed by atoms with van der Waals surface area (Å²) in [6.45, 7) is 4.22. The second-order valence-corrected chi connectivity index (χ2v) is 7.35. The Kier molecular flexibility index (Phi) is 5.87. The van der Waals surface area contributed by atoms with Gasteiger partial charge in [0.1, 0.15) is 5.82 Å². The van der Waals surface area contributed by atoms with Crippen LogP contribution < -0.4 is 5.56 Å². The summed E-state index contributed by atoms with van der Waals surface area (Å²) in [4.78, 5) is 18.8. The van der Waals surface area contributed by atoms with Gasteiger partial charge in [0.05, 0.1) is 5.69 Å². The minimum Gasteiger partial charge on any atom is -0.301 e. The summed E-state index contributed by atoms with van der Waals surface area (Å²) in [6, 6.07) is 7.97. The van der Waals surface area contributed by atoms with Crippen LogP contribution in [-0.2, 0) is 11.5 Å². The van der Waals surface area contributed by atoms with E-state index in [1.54, 1.807) is 17.8 Å². The second-order valence-electron chi connectivity index (χ2n) is 4.82. The molecule has 0 amide bonds. The van der Waals surface area contributed by atoms with E-state index in [0.717, 1.165) is 17.0 Å². The Balaban J connectivity index is 2.04. The SMILES string of the molecule is CC(C)SCc1cc(=O)[nH]c(SCc2cccc(F)c2)n1. The highest BCUT2D eigenvalue weighted by Crippen LogP contribution is 2.20. The summed E-state index contributed by atoms with van der Waals surface area (Å²) < 4.78 is 13.1. The third-order valence-electron chi connectivity index (χ3n) is 2.60. The van der Waals surface area contributed by atoms with Crippen molar-refractivity contribution in [3.63, 3.8) is 0 Å². The molecule has 0 bridgehead atoms. The first-order valence-electron chi connectivity index (χ1n) is 6.62. The highest BCUT2D eigenvalue weighted by molar-refractivity contribution is 7.99. The maximum atomic E-state index is 13.1. The van der Waals surface area contributed by atoms with Crippen LogP contribution in [0.15, 0.2) is 40.3 Å². The Morgan fingerprint density at radius 2 is 2.10 bits per heavy atom. The zero-order chi connectivity index (χ0) is 15.2. The average Bonchev–Trinajstić information content (AvgIpc) is 2.43. The molecule has 112 valence electrons. The van der Waals surface area contributed by atoms with E-state index in [2.05, 4.69) is 23.8 Å². The molecule has 2 rings (SSSR count). The van der Waals surface area contributed by atoms with E-state index in [0.29, 0.717) is 16.2 Å². The highest BCUT2D eigenvalue weighted by Gasteiger charge is 2.05. The number of thioether (sulfide) groups is 2. The van der Waals surface area contributed by atoms with E-state index in [4.69, 9.17) is 0 Å². The monoisotopic (exact) mass is 324 g/mol. The lowest BCUT2D eigenvalue weighted by Crippen LogP contribution is -2.10. The Morgan fingerprint density at radius 3 is 2.81 bits per heavy atom. The molecule has 1 heterocycles. The molecule has 0 saturated heterocycles. The molecular formula is C15H17FN2OS2. The summed E-state index contributed by atoms with van der Waals surface area (Å²) in [5.74, 6) is 1.04. The predicted octanol–water partition coefficient (Wildman–Crippen LogP) is 3.84. The fourth-order valence-electron chi connectivity index (χ4n) is 1.66. The van der Waals surface area contributed by atoms with Crippen molar-refractivity contribution >= 4 is 23.5 Å². The van der Waals surface area contributed by atoms with Gasteiger partial charge in [-0.3, -0.25) is 4.79 Å². The first-order chi connectivity index (χ1) is 10.0. The van der Waals surface area contributed by atoms with Gasteiger partial charge >= 0.3 is 0 Å². The van der Waals surface area contributed by atoms with Crippen LogP contribution in [0.4, 0.5) is 4.39 Å². The smallest absolute Gasteiger partial charge is 0.251 e. The molecule has 0 aliphatic carbocycles. The number of aromatic nitrogens is 2. The predicted molar refractivity (Wildman–Crippen MR) is 87.2 cm³/mol. The molecular weight excluding hydrogens is 307 g/mol. The van der Waals surface area contributed by atoms with Crippen LogP contribution in [0, 0.1) is 5.82 Å². The molecule has 2 aromatic rings. The number of aromatic amines is 1. The summed E-state index contributed by atoms with van der Waals surface area (Å²) in [5.41, 5.74) is 1.50. The van der Waals surface area contributed by atoms with Crippen LogP contribution in [0.5, 0.6) is 0 Å². The lowest BCUT2D eigenvalue weighted by Gasteiger charge is -2.06. The van der Waals surface area contributed by atoms with Crippen molar-refractivity contribution in [2.75, 3.05) is 0 Å². The molecule has 0 fully saturated rings. The molecule has 21 heavy (non-hydrogen) atoms. The van der Waals surface area contributed by atoms with Gasteiger partial charge in [-0.2, -0.15) is 11.8 Å². The Bertz CT molecular complexity index is 658. The van der Waals surface area contributed by atoms with Crippen molar-refractivity contribution < 1.29 is 4.39 Å². The van der Waals surface area contributed by atoms with Gasteiger partial charge in [-0.05, 0) is 22.9 Å². The van der Waals surface area contributed by atoms with Crippen molar-refractivity contribution in [2.45, 2.75) is 35.8 Å². The molecule has 0 aliphatic rings. The summed E-state index contributed by atoms with van der Waals surface area (Å²) >= 11 is 3.15. The minimum absolute atomic E-state index is 0.147. The van der Waals surface area contributed by atoms with E-state index in [1.165, 1.54) is 30.0 Å². The number of halogens is 1. The second kappa shape index (κ2) is 7.66. The first kappa shape index (κ1) is 16.1. The Morgan fingerprint density at radius 1 is 1.29 bits per heavy atom. The van der Waals surface area contributed by atoms with Crippen molar-refractivity contribution in [1.29, 1.82) is 0 Å². The van der Waals surface area contributed by atoms with Crippen LogP contribution in [-0.4, -0.2) is 15.2 Å². The number of nitrogens with zero attached hydrogens (tertiary/aromatic N) is 1. The van der Waals surface area contributed by atoms with E-state index in [9.17, 15) is 9.18 Å². The topological polar surface area (TPSA) is 45.8 Å². The largest absolute Gasteiger partial charge is 0.301 e. The van der Waals surface area contributed by atoms with E-state index in [1.807, 2.05) is 6.07 Å². The van der Waals surface area contributed by atoms with Crippen LogP contribution in [0.1, 0.15) is 25.1 Å². The average molecular weight is 324 g/mol. The number of rotatable bonds is 6. The number of nitrogens with one attached hydrogen (secondary N) is 1. The lowest BCUT2D eigenvalue weighted by molar-refractivity contribution is 0.626. The number of hydrogen-bond donors (Lipinski definition) is 1. The van der Waals surface area contributed by atoms with Gasteiger partial charge in [-0.25, -0.2) is 9.37 Å². The number of hydrogen-bond acceptors (Lipinski definition) is 4. The molecule has 1 aromatic carbocycles. The molecule has 1 aromatic heterocycles. The first-order valence-corrected chi connectivity index (χ1v) is 8.65. The van der Waals surface area contributed by atoms with Crippen LogP contribution in [0.25, 0.3) is 0 Å². The van der Waals surface area contributed by atoms with Gasteiger partial charge in [-0.15, -0.1) is 0 Å². The minimum atomic E-state index is -0.253. The molecule has 0 atom stereocenters.